The minimum Gasteiger partial charge on any atom is -0.508 e. The number of Topliss-reactive ketones (excluding diaryl/α,β-unsaturated/α-hetero) is 1. The Bertz CT molecular complexity index is 1200. The van der Waals surface area contributed by atoms with E-state index in [9.17, 15) is 19.8 Å². The summed E-state index contributed by atoms with van der Waals surface area (Å²) in [5, 5.41) is 21.4. The van der Waals surface area contributed by atoms with E-state index in [1.54, 1.807) is 60.7 Å². The molecule has 0 radical (unpaired) electrons. The lowest BCUT2D eigenvalue weighted by atomic mass is 9.95. The van der Waals surface area contributed by atoms with Gasteiger partial charge in [-0.1, -0.05) is 29.8 Å². The van der Waals surface area contributed by atoms with Gasteiger partial charge in [-0.2, -0.15) is 0 Å². The second-order valence-electron chi connectivity index (χ2n) is 6.97. The highest BCUT2D eigenvalue weighted by Crippen LogP contribution is 2.43. The number of hydrogen-bond acceptors (Lipinski definition) is 5. The molecule has 3 aromatic carbocycles. The highest BCUT2D eigenvalue weighted by molar-refractivity contribution is 6.51. The molecule has 1 aliphatic heterocycles. The first-order chi connectivity index (χ1) is 14.9. The van der Waals surface area contributed by atoms with Crippen LogP contribution in [0.25, 0.3) is 5.76 Å². The third-order valence-corrected chi connectivity index (χ3v) is 5.32. The number of halogens is 1. The third kappa shape index (κ3) is 3.73. The number of rotatable bonds is 4. The van der Waals surface area contributed by atoms with Gasteiger partial charge in [0.2, 0.25) is 0 Å². The fraction of sp³-hybridized carbons (Fsp3) is 0.0833. The highest BCUT2D eigenvalue weighted by atomic mass is 35.5. The van der Waals surface area contributed by atoms with Crippen molar-refractivity contribution in [2.45, 2.75) is 6.04 Å². The molecule has 1 amide bonds. The van der Waals surface area contributed by atoms with E-state index in [2.05, 4.69) is 0 Å². The van der Waals surface area contributed by atoms with Gasteiger partial charge >= 0.3 is 0 Å². The summed E-state index contributed by atoms with van der Waals surface area (Å²) < 4.78 is 5.14. The molecule has 1 aliphatic rings. The Balaban J connectivity index is 1.94. The van der Waals surface area contributed by atoms with Gasteiger partial charge in [0, 0.05) is 16.3 Å². The number of aliphatic hydroxyl groups excluding tert-OH is 1. The normalized spacial score (nSPS) is 17.7. The molecule has 0 aliphatic carbocycles. The molecule has 0 aromatic heterocycles. The van der Waals surface area contributed by atoms with E-state index in [0.29, 0.717) is 27.6 Å². The van der Waals surface area contributed by atoms with Crippen LogP contribution in [0.2, 0.25) is 5.02 Å². The van der Waals surface area contributed by atoms with E-state index in [1.165, 1.54) is 24.1 Å². The second-order valence-corrected chi connectivity index (χ2v) is 7.41. The van der Waals surface area contributed by atoms with Crippen LogP contribution < -0.4 is 9.64 Å². The number of nitrogens with zero attached hydrogens (tertiary/aromatic N) is 1. The zero-order valence-electron chi connectivity index (χ0n) is 16.4. The van der Waals surface area contributed by atoms with Gasteiger partial charge in [-0.25, -0.2) is 0 Å². The quantitative estimate of drug-likeness (QED) is 0.353. The van der Waals surface area contributed by atoms with Gasteiger partial charge in [0.05, 0.1) is 18.7 Å². The number of aliphatic hydroxyl groups is 1. The molecular formula is C24H18ClNO5. The lowest BCUT2D eigenvalue weighted by Crippen LogP contribution is -2.29. The third-order valence-electron chi connectivity index (χ3n) is 5.08. The van der Waals surface area contributed by atoms with Gasteiger partial charge < -0.3 is 14.9 Å². The predicted octanol–water partition coefficient (Wildman–Crippen LogP) is 4.68. The van der Waals surface area contributed by atoms with Crippen LogP contribution in [0.4, 0.5) is 5.69 Å². The fourth-order valence-corrected chi connectivity index (χ4v) is 3.82. The van der Waals surface area contributed by atoms with E-state index >= 15 is 0 Å². The first-order valence-corrected chi connectivity index (χ1v) is 9.78. The Morgan fingerprint density at radius 3 is 2.35 bits per heavy atom. The van der Waals surface area contributed by atoms with Crippen molar-refractivity contribution in [2.24, 2.45) is 0 Å². The molecule has 1 fully saturated rings. The van der Waals surface area contributed by atoms with Gasteiger partial charge in [-0.05, 0) is 60.2 Å². The molecular weight excluding hydrogens is 418 g/mol. The Labute approximate surface area is 183 Å². The van der Waals surface area contributed by atoms with Crippen molar-refractivity contribution >= 4 is 34.7 Å². The minimum absolute atomic E-state index is 0.0290. The summed E-state index contributed by atoms with van der Waals surface area (Å²) in [4.78, 5) is 27.4. The molecule has 1 heterocycles. The van der Waals surface area contributed by atoms with Crippen molar-refractivity contribution in [3.05, 3.63) is 94.5 Å². The molecule has 4 rings (SSSR count). The zero-order chi connectivity index (χ0) is 22.1. The van der Waals surface area contributed by atoms with Crippen molar-refractivity contribution < 1.29 is 24.5 Å². The topological polar surface area (TPSA) is 87.1 Å². The average molecular weight is 436 g/mol. The molecule has 31 heavy (non-hydrogen) atoms. The molecule has 1 atom stereocenters. The van der Waals surface area contributed by atoms with Gasteiger partial charge in [-0.3, -0.25) is 14.5 Å². The number of carbonyl (C=O) groups excluding carboxylic acids is 2. The minimum atomic E-state index is -0.951. The molecule has 0 bridgehead atoms. The number of methoxy groups -OCH3 is 1. The average Bonchev–Trinajstić information content (AvgIpc) is 3.04. The summed E-state index contributed by atoms with van der Waals surface area (Å²) in [6, 6.07) is 18.3. The molecule has 6 nitrogen and oxygen atoms in total. The van der Waals surface area contributed by atoms with E-state index in [0.717, 1.165) is 0 Å². The molecule has 3 aromatic rings. The van der Waals surface area contributed by atoms with Crippen LogP contribution in [0.3, 0.4) is 0 Å². The van der Waals surface area contributed by atoms with Crippen LogP contribution >= 0.6 is 11.6 Å². The van der Waals surface area contributed by atoms with Crippen LogP contribution in [0.5, 0.6) is 11.5 Å². The van der Waals surface area contributed by atoms with E-state index in [4.69, 9.17) is 16.3 Å². The first kappa shape index (κ1) is 20.5. The number of phenols is 1. The summed E-state index contributed by atoms with van der Waals surface area (Å²) in [5.74, 6) is -1.40. The van der Waals surface area contributed by atoms with Gasteiger partial charge in [0.25, 0.3) is 11.7 Å². The maximum Gasteiger partial charge on any atom is 0.300 e. The van der Waals surface area contributed by atoms with Crippen LogP contribution in [-0.2, 0) is 9.59 Å². The molecule has 0 spiro atoms. The Morgan fingerprint density at radius 1 is 1.00 bits per heavy atom. The van der Waals surface area contributed by atoms with E-state index < -0.39 is 17.7 Å². The van der Waals surface area contributed by atoms with Gasteiger partial charge in [0.1, 0.15) is 17.3 Å². The molecule has 2 N–H and O–H groups in total. The number of amides is 1. The summed E-state index contributed by atoms with van der Waals surface area (Å²) >= 11 is 6.11. The smallest absolute Gasteiger partial charge is 0.300 e. The van der Waals surface area contributed by atoms with Crippen molar-refractivity contribution in [3.63, 3.8) is 0 Å². The fourth-order valence-electron chi connectivity index (χ4n) is 3.64. The number of hydrogen-bond donors (Lipinski definition) is 2. The lowest BCUT2D eigenvalue weighted by Gasteiger charge is -2.25. The number of phenolic OH excluding ortho intramolecular Hbond substituents is 1. The summed E-state index contributed by atoms with van der Waals surface area (Å²) in [6.45, 7) is 0. The number of anilines is 1. The monoisotopic (exact) mass is 435 g/mol. The number of ketones is 1. The molecule has 0 saturated carbocycles. The Hall–Kier alpha value is -3.77. The first-order valence-electron chi connectivity index (χ1n) is 9.40. The van der Waals surface area contributed by atoms with Crippen molar-refractivity contribution in [2.75, 3.05) is 12.0 Å². The maximum absolute atomic E-state index is 13.1. The van der Waals surface area contributed by atoms with Crippen LogP contribution in [0.1, 0.15) is 17.2 Å². The molecule has 7 heteroatoms. The molecule has 1 saturated heterocycles. The summed E-state index contributed by atoms with van der Waals surface area (Å²) in [6.07, 6.45) is 0. The van der Waals surface area contributed by atoms with Gasteiger partial charge in [0.15, 0.2) is 0 Å². The maximum atomic E-state index is 13.1. The number of aromatic hydroxyl groups is 1. The zero-order valence-corrected chi connectivity index (χ0v) is 17.2. The van der Waals surface area contributed by atoms with Crippen molar-refractivity contribution in [3.8, 4) is 11.5 Å². The summed E-state index contributed by atoms with van der Waals surface area (Å²) in [7, 11) is 1.52. The Kier molecular flexibility index (Phi) is 5.40. The number of carbonyl (C=O) groups is 2. The largest absolute Gasteiger partial charge is 0.508 e. The highest BCUT2D eigenvalue weighted by Gasteiger charge is 2.47. The van der Waals surface area contributed by atoms with E-state index in [-0.39, 0.29) is 17.1 Å². The Morgan fingerprint density at radius 2 is 1.71 bits per heavy atom. The van der Waals surface area contributed by atoms with Crippen LogP contribution in [-0.4, -0.2) is 29.0 Å². The SMILES string of the molecule is COc1ccc(/C(O)=C2\C(=O)C(=O)N(c3cccc(Cl)c3)C2c2cccc(O)c2)cc1. The lowest BCUT2D eigenvalue weighted by molar-refractivity contribution is -0.132. The van der Waals surface area contributed by atoms with Crippen molar-refractivity contribution in [1.29, 1.82) is 0 Å². The van der Waals surface area contributed by atoms with Crippen LogP contribution in [0, 0.1) is 0 Å². The van der Waals surface area contributed by atoms with Crippen molar-refractivity contribution in [1.82, 2.24) is 0 Å². The van der Waals surface area contributed by atoms with E-state index in [1.807, 2.05) is 0 Å². The number of benzene rings is 3. The second kappa shape index (κ2) is 8.16. The summed E-state index contributed by atoms with van der Waals surface area (Å²) in [5.41, 5.74) is 1.14. The number of ether oxygens (including phenoxy) is 1. The molecule has 1 unspecified atom stereocenters. The predicted molar refractivity (Wildman–Crippen MR) is 117 cm³/mol. The van der Waals surface area contributed by atoms with Gasteiger partial charge in [-0.15, -0.1) is 0 Å². The van der Waals surface area contributed by atoms with Crippen LogP contribution in [0.15, 0.2) is 78.4 Å². The molecule has 156 valence electrons. The standard InChI is InChI=1S/C24H18ClNO5/c1-31-19-10-8-14(9-11-19)22(28)20-21(15-4-2-7-18(27)12-15)26(24(30)23(20)29)17-6-3-5-16(25)13-17/h2-13,21,27-28H,1H3/b22-20+.